The molecule has 2 aromatic carbocycles. The number of carbonyl (C=O) groups excluding carboxylic acids is 6. The Hall–Kier alpha value is -4.88. The highest BCUT2D eigenvalue weighted by Gasteiger charge is 2.68. The van der Waals surface area contributed by atoms with Crippen molar-refractivity contribution in [3.05, 3.63) is 59.7 Å². The number of nitrogens with two attached hydrogens (primary N) is 4. The van der Waals surface area contributed by atoms with E-state index in [2.05, 4.69) is 66.3 Å². The van der Waals surface area contributed by atoms with Crippen molar-refractivity contribution in [1.29, 1.82) is 0 Å². The summed E-state index contributed by atoms with van der Waals surface area (Å²) in [7, 11) is -0.941. The van der Waals surface area contributed by atoms with Gasteiger partial charge in [0.15, 0.2) is 6.17 Å². The molecular formula is C46H68BN9O8. The Bertz CT molecular complexity index is 2000. The number of hydrogen-bond acceptors (Lipinski definition) is 11. The minimum Gasteiger partial charge on any atom is -0.403 e. The molecule has 3 saturated carbocycles. The van der Waals surface area contributed by atoms with Crippen LogP contribution in [0.2, 0.25) is 0 Å². The van der Waals surface area contributed by atoms with Gasteiger partial charge in [-0.2, -0.15) is 0 Å². The number of aryl methyl sites for hydroxylation is 1. The maximum atomic E-state index is 14.1. The number of unbranched alkanes of at least 4 members (excludes halogenated alkanes) is 2. The van der Waals surface area contributed by atoms with Crippen LogP contribution in [0.15, 0.2) is 48.5 Å². The van der Waals surface area contributed by atoms with E-state index in [4.69, 9.17) is 32.2 Å². The van der Waals surface area contributed by atoms with Gasteiger partial charge in [0, 0.05) is 18.5 Å². The predicted molar refractivity (Wildman–Crippen MR) is 242 cm³/mol. The molecule has 0 spiro atoms. The minimum absolute atomic E-state index is 0.0985. The predicted octanol–water partition coefficient (Wildman–Crippen LogP) is 1.73. The number of rotatable bonds is 21. The first-order valence-corrected chi connectivity index (χ1v) is 23.0. The molecule has 2 aliphatic heterocycles. The summed E-state index contributed by atoms with van der Waals surface area (Å²) in [6, 6.07) is 11.2. The van der Waals surface area contributed by atoms with Gasteiger partial charge < -0.3 is 58.4 Å². The molecule has 1 unspecified atom stereocenters. The molecule has 9 atom stereocenters. The van der Waals surface area contributed by atoms with Gasteiger partial charge in [0.2, 0.25) is 23.6 Å². The van der Waals surface area contributed by atoms with Crippen LogP contribution in [0.3, 0.4) is 0 Å². The molecule has 348 valence electrons. The molecule has 2 aromatic rings. The van der Waals surface area contributed by atoms with Gasteiger partial charge in [0.25, 0.3) is 11.8 Å². The fourth-order valence-electron chi connectivity index (χ4n) is 10.1. The summed E-state index contributed by atoms with van der Waals surface area (Å²) in [6.45, 7) is 9.30. The summed E-state index contributed by atoms with van der Waals surface area (Å²) < 4.78 is 12.6. The number of primary amides is 1. The van der Waals surface area contributed by atoms with E-state index in [-0.39, 0.29) is 36.8 Å². The zero-order valence-corrected chi connectivity index (χ0v) is 37.7. The molecule has 5 fully saturated rings. The van der Waals surface area contributed by atoms with Crippen molar-refractivity contribution in [3.63, 3.8) is 0 Å². The SMILES string of the molecule is CCCCc1ccc(-c2ccc(C(=O)N[C@@H](CCCCN)C(=O)N3CCC[C@H]3C(=O)N[C@@H](N)C(=O)N[C@@H](CCC(N)=O)C(=O)N[C@@H](N)B3OC4C[C@@H]5C[C@@H](C5(C)C)[C@]4(C)O3)cc2)cc1. The van der Waals surface area contributed by atoms with Gasteiger partial charge in [-0.25, -0.2) is 0 Å². The number of nitrogens with zero attached hydrogens (tertiary/aromatic N) is 1. The molecule has 2 heterocycles. The highest BCUT2D eigenvalue weighted by molar-refractivity contribution is 6.47. The molecule has 12 N–H and O–H groups in total. The Kier molecular flexibility index (Phi) is 15.9. The van der Waals surface area contributed by atoms with Crippen LogP contribution in [0, 0.1) is 17.3 Å². The second kappa shape index (κ2) is 21.0. The van der Waals surface area contributed by atoms with Gasteiger partial charge >= 0.3 is 7.12 Å². The first-order chi connectivity index (χ1) is 30.5. The van der Waals surface area contributed by atoms with E-state index >= 15 is 0 Å². The number of nitrogens with one attached hydrogen (secondary N) is 4. The Morgan fingerprint density at radius 1 is 0.844 bits per heavy atom. The molecule has 2 saturated heterocycles. The number of benzene rings is 2. The summed E-state index contributed by atoms with van der Waals surface area (Å²) in [4.78, 5) is 81.5. The summed E-state index contributed by atoms with van der Waals surface area (Å²) in [5, 5.41) is 10.5. The first-order valence-electron chi connectivity index (χ1n) is 23.0. The zero-order chi connectivity index (χ0) is 46.3. The van der Waals surface area contributed by atoms with Crippen molar-refractivity contribution in [2.45, 2.75) is 147 Å². The normalized spacial score (nSPS) is 24.9. The highest BCUT2D eigenvalue weighted by atomic mass is 16.7. The maximum Gasteiger partial charge on any atom is 0.497 e. The van der Waals surface area contributed by atoms with E-state index in [1.165, 1.54) is 10.5 Å². The number of amides is 6. The van der Waals surface area contributed by atoms with Gasteiger partial charge in [-0.3, -0.25) is 28.8 Å². The molecule has 5 aliphatic rings. The van der Waals surface area contributed by atoms with Crippen LogP contribution in [0.5, 0.6) is 0 Å². The summed E-state index contributed by atoms with van der Waals surface area (Å²) in [6.07, 6.45) is 5.19. The third-order valence-electron chi connectivity index (χ3n) is 14.1. The quantitative estimate of drug-likeness (QED) is 0.0508. The Morgan fingerprint density at radius 3 is 2.17 bits per heavy atom. The van der Waals surface area contributed by atoms with Crippen molar-refractivity contribution in [2.24, 2.45) is 40.2 Å². The fourth-order valence-corrected chi connectivity index (χ4v) is 10.1. The van der Waals surface area contributed by atoms with Crippen molar-refractivity contribution in [3.8, 4) is 11.1 Å². The summed E-state index contributed by atoms with van der Waals surface area (Å²) in [5.41, 5.74) is 26.9. The second-order valence-electron chi connectivity index (χ2n) is 18.8. The van der Waals surface area contributed by atoms with Gasteiger partial charge in [-0.1, -0.05) is 63.6 Å². The van der Waals surface area contributed by atoms with E-state index in [0.717, 1.165) is 43.2 Å². The average molecular weight is 886 g/mol. The molecule has 2 bridgehead atoms. The van der Waals surface area contributed by atoms with Crippen LogP contribution in [0.25, 0.3) is 11.1 Å². The van der Waals surface area contributed by atoms with Crippen LogP contribution < -0.4 is 44.2 Å². The van der Waals surface area contributed by atoms with E-state index < -0.39 is 78.5 Å². The standard InChI is InChI=1S/C46H68BN9O8/c1-5-6-10-27-13-15-28(16-14-27)29-17-19-30(20-18-29)39(58)53-33(11-7-8-23-48)43(62)56-24-9-12-34(56)41(60)54-38(50)42(61)52-32(21-22-37(49)57)40(59)55-44(51)47-63-36-26-31-25-35(45(31,2)3)46(36,4)64-47/h13-20,31-36,38,44H,5-12,21-26,48,50-51H2,1-4H3,(H2,49,57)(H,52,61)(H,53,58)(H,54,60)(H,55,59)/t31-,32-,33-,34-,35-,36?,38+,44+,46-/m0/s1. The fraction of sp³-hybridized carbons (Fsp3) is 0.609. The van der Waals surface area contributed by atoms with Crippen LogP contribution in [0.4, 0.5) is 0 Å². The smallest absolute Gasteiger partial charge is 0.403 e. The van der Waals surface area contributed by atoms with Crippen molar-refractivity contribution in [1.82, 2.24) is 26.2 Å². The molecule has 18 heteroatoms. The van der Waals surface area contributed by atoms with Crippen molar-refractivity contribution in [2.75, 3.05) is 13.1 Å². The van der Waals surface area contributed by atoms with E-state index in [0.29, 0.717) is 50.1 Å². The molecule has 3 aliphatic carbocycles. The summed E-state index contributed by atoms with van der Waals surface area (Å²) in [5.74, 6) is -3.12. The van der Waals surface area contributed by atoms with Gasteiger partial charge in [0.1, 0.15) is 24.2 Å². The monoisotopic (exact) mass is 886 g/mol. The first kappa shape index (κ1) is 48.6. The maximum absolute atomic E-state index is 14.1. The summed E-state index contributed by atoms with van der Waals surface area (Å²) >= 11 is 0. The lowest BCUT2D eigenvalue weighted by atomic mass is 9.43. The largest absolute Gasteiger partial charge is 0.497 e. The Balaban J connectivity index is 1.04. The molecule has 64 heavy (non-hydrogen) atoms. The third kappa shape index (κ3) is 11.0. The van der Waals surface area contributed by atoms with Gasteiger partial charge in [0.05, 0.1) is 11.7 Å². The number of likely N-dealkylation sites (tertiary alicyclic amines) is 1. The van der Waals surface area contributed by atoms with Crippen LogP contribution >= 0.6 is 0 Å². The zero-order valence-electron chi connectivity index (χ0n) is 37.7. The van der Waals surface area contributed by atoms with Crippen molar-refractivity contribution >= 4 is 42.6 Å². The van der Waals surface area contributed by atoms with Gasteiger partial charge in [-0.05, 0) is 124 Å². The lowest BCUT2D eigenvalue weighted by molar-refractivity contribution is -0.199. The Morgan fingerprint density at radius 2 is 1.53 bits per heavy atom. The van der Waals surface area contributed by atoms with Gasteiger partial charge in [-0.15, -0.1) is 0 Å². The topological polar surface area (TPSA) is 276 Å². The Labute approximate surface area is 376 Å². The van der Waals surface area contributed by atoms with E-state index in [1.54, 1.807) is 12.1 Å². The molecule has 17 nitrogen and oxygen atoms in total. The highest BCUT2D eigenvalue weighted by Crippen LogP contribution is 2.65. The third-order valence-corrected chi connectivity index (χ3v) is 14.1. The molecule has 0 radical (unpaired) electrons. The van der Waals surface area contributed by atoms with Crippen LogP contribution in [-0.4, -0.2) is 103 Å². The molecular weight excluding hydrogens is 817 g/mol. The molecule has 6 amide bonds. The lowest BCUT2D eigenvalue weighted by Gasteiger charge is -2.64. The number of hydrogen-bond donors (Lipinski definition) is 8. The minimum atomic E-state index is -1.64. The second-order valence-corrected chi connectivity index (χ2v) is 18.8. The van der Waals surface area contributed by atoms with Crippen LogP contribution in [0.1, 0.15) is 114 Å². The molecule has 7 rings (SSSR count). The van der Waals surface area contributed by atoms with E-state index in [9.17, 15) is 28.8 Å². The van der Waals surface area contributed by atoms with E-state index in [1.807, 2.05) is 19.1 Å². The molecule has 0 aromatic heterocycles. The number of carbonyl (C=O) groups is 6. The van der Waals surface area contributed by atoms with Crippen LogP contribution in [-0.2, 0) is 39.7 Å². The van der Waals surface area contributed by atoms with Crippen molar-refractivity contribution < 1.29 is 38.1 Å². The average Bonchev–Trinajstić information content (AvgIpc) is 3.92. The lowest BCUT2D eigenvalue weighted by Crippen LogP contribution is -2.65.